The van der Waals surface area contributed by atoms with Gasteiger partial charge in [0.2, 0.25) is 0 Å². The fourth-order valence-electron chi connectivity index (χ4n) is 1.66. The van der Waals surface area contributed by atoms with E-state index in [1.54, 1.807) is 6.07 Å². The van der Waals surface area contributed by atoms with Crippen LogP contribution in [0.15, 0.2) is 24.3 Å². The van der Waals surface area contributed by atoms with Crippen molar-refractivity contribution < 1.29 is 19.2 Å². The van der Waals surface area contributed by atoms with Gasteiger partial charge < -0.3 is 4.74 Å². The van der Waals surface area contributed by atoms with Gasteiger partial charge >= 0.3 is 11.9 Å². The molecular weight excluding hydrogens is 214 g/mol. The molecule has 1 aliphatic heterocycles. The van der Waals surface area contributed by atoms with Gasteiger partial charge in [0.25, 0.3) is 5.69 Å². The standard InChI is InChI=1S/C10H7NO5/c12-9-5-7(10(13)16-9)6-3-1-2-4-8(6)11(14)15/h1-4,7H,5H2. The highest BCUT2D eigenvalue weighted by atomic mass is 16.6. The highest BCUT2D eigenvalue weighted by Gasteiger charge is 2.38. The predicted molar refractivity (Wildman–Crippen MR) is 51.6 cm³/mol. The Bertz CT molecular complexity index is 482. The van der Waals surface area contributed by atoms with E-state index >= 15 is 0 Å². The number of carbonyl (C=O) groups is 2. The van der Waals surface area contributed by atoms with E-state index in [4.69, 9.17) is 0 Å². The normalized spacial score (nSPS) is 19.6. The molecule has 1 saturated heterocycles. The minimum absolute atomic E-state index is 0.135. The number of esters is 2. The Morgan fingerprint density at radius 2 is 2.00 bits per heavy atom. The first-order chi connectivity index (χ1) is 7.59. The van der Waals surface area contributed by atoms with Crippen LogP contribution in [0.3, 0.4) is 0 Å². The molecule has 1 aliphatic rings. The van der Waals surface area contributed by atoms with E-state index in [1.165, 1.54) is 18.2 Å². The van der Waals surface area contributed by atoms with Crippen molar-refractivity contribution in [3.05, 3.63) is 39.9 Å². The number of cyclic esters (lactones) is 2. The minimum atomic E-state index is -0.853. The van der Waals surface area contributed by atoms with Gasteiger partial charge in [0.15, 0.2) is 0 Å². The fourth-order valence-corrected chi connectivity index (χ4v) is 1.66. The minimum Gasteiger partial charge on any atom is -0.393 e. The molecule has 0 bridgehead atoms. The van der Waals surface area contributed by atoms with Crippen LogP contribution in [0.4, 0.5) is 5.69 Å². The zero-order valence-electron chi connectivity index (χ0n) is 8.08. The van der Waals surface area contributed by atoms with Gasteiger partial charge in [-0.1, -0.05) is 18.2 Å². The summed E-state index contributed by atoms with van der Waals surface area (Å²) in [6, 6.07) is 5.84. The molecule has 2 rings (SSSR count). The molecule has 0 N–H and O–H groups in total. The monoisotopic (exact) mass is 221 g/mol. The largest absolute Gasteiger partial charge is 0.393 e. The van der Waals surface area contributed by atoms with E-state index in [1.807, 2.05) is 0 Å². The van der Waals surface area contributed by atoms with Crippen molar-refractivity contribution in [2.24, 2.45) is 0 Å². The van der Waals surface area contributed by atoms with Crippen LogP contribution in [0.1, 0.15) is 17.9 Å². The summed E-state index contributed by atoms with van der Waals surface area (Å²) in [5.74, 6) is -2.22. The second-order valence-electron chi connectivity index (χ2n) is 3.37. The van der Waals surface area contributed by atoms with Gasteiger partial charge in [-0.15, -0.1) is 0 Å². The number of rotatable bonds is 2. The molecule has 1 aromatic rings. The van der Waals surface area contributed by atoms with E-state index in [2.05, 4.69) is 4.74 Å². The summed E-state index contributed by atoms with van der Waals surface area (Å²) in [4.78, 5) is 32.4. The first-order valence-electron chi connectivity index (χ1n) is 4.57. The second-order valence-corrected chi connectivity index (χ2v) is 3.37. The van der Waals surface area contributed by atoms with Gasteiger partial charge in [-0.2, -0.15) is 0 Å². The first kappa shape index (κ1) is 10.3. The number of carbonyl (C=O) groups excluding carboxylic acids is 2. The lowest BCUT2D eigenvalue weighted by molar-refractivity contribution is -0.385. The second kappa shape index (κ2) is 3.73. The maximum atomic E-state index is 11.3. The van der Waals surface area contributed by atoms with Crippen molar-refractivity contribution in [1.29, 1.82) is 0 Å². The van der Waals surface area contributed by atoms with Crippen molar-refractivity contribution in [3.63, 3.8) is 0 Å². The highest BCUT2D eigenvalue weighted by Crippen LogP contribution is 2.33. The van der Waals surface area contributed by atoms with Crippen molar-refractivity contribution in [1.82, 2.24) is 0 Å². The van der Waals surface area contributed by atoms with Crippen LogP contribution in [0, 0.1) is 10.1 Å². The number of hydrogen-bond acceptors (Lipinski definition) is 5. The number of para-hydroxylation sites is 1. The molecule has 82 valence electrons. The lowest BCUT2D eigenvalue weighted by Gasteiger charge is -2.04. The first-order valence-corrected chi connectivity index (χ1v) is 4.57. The summed E-state index contributed by atoms with van der Waals surface area (Å²) >= 11 is 0. The van der Waals surface area contributed by atoms with E-state index in [0.29, 0.717) is 0 Å². The summed E-state index contributed by atoms with van der Waals surface area (Å²) in [5.41, 5.74) is 0.0579. The SMILES string of the molecule is O=C1CC(c2ccccc2[N+](=O)[O-])C(=O)O1. The number of nitrogens with zero attached hydrogens (tertiary/aromatic N) is 1. The molecule has 0 radical (unpaired) electrons. The highest BCUT2D eigenvalue weighted by molar-refractivity contribution is 5.98. The Hall–Kier alpha value is -2.24. The van der Waals surface area contributed by atoms with Crippen LogP contribution in [0.5, 0.6) is 0 Å². The molecule has 1 unspecified atom stereocenters. The molecule has 0 saturated carbocycles. The zero-order chi connectivity index (χ0) is 11.7. The number of ether oxygens (including phenoxy) is 1. The molecule has 6 nitrogen and oxygen atoms in total. The van der Waals surface area contributed by atoms with Crippen LogP contribution >= 0.6 is 0 Å². The Morgan fingerprint density at radius 3 is 2.56 bits per heavy atom. The lowest BCUT2D eigenvalue weighted by Crippen LogP contribution is -2.08. The summed E-state index contributed by atoms with van der Waals surface area (Å²) < 4.78 is 4.36. The third kappa shape index (κ3) is 1.65. The molecule has 1 heterocycles. The molecule has 0 aromatic heterocycles. The third-order valence-electron chi connectivity index (χ3n) is 2.38. The van der Waals surface area contributed by atoms with Crippen LogP contribution in [-0.4, -0.2) is 16.9 Å². The molecule has 1 aromatic carbocycles. The molecular formula is C10H7NO5. The fraction of sp³-hybridized carbons (Fsp3) is 0.200. The van der Waals surface area contributed by atoms with Gasteiger partial charge in [0, 0.05) is 11.6 Å². The summed E-state index contributed by atoms with van der Waals surface area (Å²) in [6.07, 6.45) is -0.135. The van der Waals surface area contributed by atoms with E-state index in [-0.39, 0.29) is 17.7 Å². The van der Waals surface area contributed by atoms with Crippen molar-refractivity contribution >= 4 is 17.6 Å². The van der Waals surface area contributed by atoms with Crippen molar-refractivity contribution in [2.75, 3.05) is 0 Å². The van der Waals surface area contributed by atoms with Gasteiger partial charge in [-0.25, -0.2) is 0 Å². The van der Waals surface area contributed by atoms with Gasteiger partial charge in [0.1, 0.15) is 0 Å². The van der Waals surface area contributed by atoms with E-state index in [9.17, 15) is 19.7 Å². The summed E-state index contributed by atoms with van der Waals surface area (Å²) in [7, 11) is 0. The Morgan fingerprint density at radius 1 is 1.31 bits per heavy atom. The predicted octanol–water partition coefficient (Wildman–Crippen LogP) is 1.15. The molecule has 6 heteroatoms. The van der Waals surface area contributed by atoms with Crippen molar-refractivity contribution in [2.45, 2.75) is 12.3 Å². The van der Waals surface area contributed by atoms with Crippen LogP contribution in [0.2, 0.25) is 0 Å². The van der Waals surface area contributed by atoms with E-state index < -0.39 is 22.8 Å². The molecule has 0 amide bonds. The zero-order valence-corrected chi connectivity index (χ0v) is 8.08. The maximum absolute atomic E-state index is 11.3. The number of nitro groups is 1. The number of benzene rings is 1. The van der Waals surface area contributed by atoms with Crippen LogP contribution in [-0.2, 0) is 14.3 Å². The maximum Gasteiger partial charge on any atom is 0.321 e. The summed E-state index contributed by atoms with van der Waals surface area (Å²) in [6.45, 7) is 0. The quantitative estimate of drug-likeness (QED) is 0.323. The topological polar surface area (TPSA) is 86.5 Å². The van der Waals surface area contributed by atoms with E-state index in [0.717, 1.165) is 0 Å². The van der Waals surface area contributed by atoms with Crippen LogP contribution in [0.25, 0.3) is 0 Å². The average molecular weight is 221 g/mol. The smallest absolute Gasteiger partial charge is 0.321 e. The number of hydrogen-bond donors (Lipinski definition) is 0. The lowest BCUT2D eigenvalue weighted by atomic mass is 9.96. The molecule has 1 fully saturated rings. The summed E-state index contributed by atoms with van der Waals surface area (Å²) in [5, 5.41) is 10.7. The van der Waals surface area contributed by atoms with Gasteiger partial charge in [-0.3, -0.25) is 19.7 Å². The van der Waals surface area contributed by atoms with Crippen molar-refractivity contribution in [3.8, 4) is 0 Å². The van der Waals surface area contributed by atoms with Gasteiger partial charge in [-0.05, 0) is 0 Å². The molecule has 0 aliphatic carbocycles. The molecule has 1 atom stereocenters. The van der Waals surface area contributed by atoms with Crippen LogP contribution < -0.4 is 0 Å². The Balaban J connectivity index is 2.44. The molecule has 0 spiro atoms. The molecule has 16 heavy (non-hydrogen) atoms. The average Bonchev–Trinajstić information content (AvgIpc) is 2.57. The Labute approximate surface area is 90.0 Å². The number of nitro benzene ring substituents is 1. The van der Waals surface area contributed by atoms with Gasteiger partial charge in [0.05, 0.1) is 17.3 Å². The Kier molecular flexibility index (Phi) is 2.40. The third-order valence-corrected chi connectivity index (χ3v) is 2.38.